The molecule has 2 aliphatic heterocycles. The summed E-state index contributed by atoms with van der Waals surface area (Å²) in [5.41, 5.74) is 2.87. The molecule has 5 rings (SSSR count). The number of carbonyl (C=O) groups is 3. The summed E-state index contributed by atoms with van der Waals surface area (Å²) in [6, 6.07) is 27.3. The first-order chi connectivity index (χ1) is 18.4. The largest absolute Gasteiger partial charge is 0.340 e. The van der Waals surface area contributed by atoms with Crippen LogP contribution in [0.25, 0.3) is 0 Å². The molecule has 3 aromatic carbocycles. The molecule has 7 heteroatoms. The Hall–Kier alpha value is -4.13. The van der Waals surface area contributed by atoms with Gasteiger partial charge in [0.15, 0.2) is 0 Å². The fourth-order valence-corrected chi connectivity index (χ4v) is 5.61. The Balaban J connectivity index is 1.33. The third-order valence-electron chi connectivity index (χ3n) is 7.85. The fourth-order valence-electron chi connectivity index (χ4n) is 5.61. The minimum absolute atomic E-state index is 0.00391. The molecule has 0 N–H and O–H groups in total. The van der Waals surface area contributed by atoms with Crippen molar-refractivity contribution >= 4 is 23.4 Å². The zero-order chi connectivity index (χ0) is 26.7. The van der Waals surface area contributed by atoms with Gasteiger partial charge in [0.05, 0.1) is 6.67 Å². The molecule has 0 bridgehead atoms. The normalized spacial score (nSPS) is 16.7. The van der Waals surface area contributed by atoms with Crippen molar-refractivity contribution in [3.05, 3.63) is 102 Å². The molecule has 0 saturated carbocycles. The highest BCUT2D eigenvalue weighted by Crippen LogP contribution is 2.39. The van der Waals surface area contributed by atoms with Crippen molar-refractivity contribution in [1.29, 1.82) is 0 Å². The molecule has 0 aromatic heterocycles. The molecule has 196 valence electrons. The van der Waals surface area contributed by atoms with Crippen LogP contribution in [0.5, 0.6) is 0 Å². The first kappa shape index (κ1) is 25.5. The van der Waals surface area contributed by atoms with E-state index in [4.69, 9.17) is 0 Å². The van der Waals surface area contributed by atoms with Crippen molar-refractivity contribution < 1.29 is 14.4 Å². The van der Waals surface area contributed by atoms with E-state index in [2.05, 4.69) is 4.90 Å². The predicted molar refractivity (Wildman–Crippen MR) is 147 cm³/mol. The van der Waals surface area contributed by atoms with Gasteiger partial charge in [-0.25, -0.2) is 0 Å². The SMILES string of the molecule is Cc1ccccc1C(=O)N1CCC2(CC1)C(=O)N(CC(=O)N(C)Cc1ccccc1)CN2c1ccccc1. The quantitative estimate of drug-likeness (QED) is 0.504. The molecule has 38 heavy (non-hydrogen) atoms. The number of likely N-dealkylation sites (tertiary alicyclic amines) is 1. The lowest BCUT2D eigenvalue weighted by Crippen LogP contribution is -2.57. The van der Waals surface area contributed by atoms with E-state index in [1.165, 1.54) is 0 Å². The summed E-state index contributed by atoms with van der Waals surface area (Å²) in [4.78, 5) is 47.7. The summed E-state index contributed by atoms with van der Waals surface area (Å²) in [5.74, 6) is -0.130. The molecule has 1 spiro atoms. The maximum Gasteiger partial charge on any atom is 0.254 e. The van der Waals surface area contributed by atoms with Crippen LogP contribution >= 0.6 is 0 Å². The molecule has 0 unspecified atom stereocenters. The van der Waals surface area contributed by atoms with Crippen LogP contribution in [0.1, 0.15) is 34.3 Å². The first-order valence-electron chi connectivity index (χ1n) is 13.1. The third kappa shape index (κ3) is 4.88. The van der Waals surface area contributed by atoms with Gasteiger partial charge in [-0.3, -0.25) is 14.4 Å². The highest BCUT2D eigenvalue weighted by Gasteiger charge is 2.54. The van der Waals surface area contributed by atoms with E-state index in [-0.39, 0.29) is 24.3 Å². The summed E-state index contributed by atoms with van der Waals surface area (Å²) < 4.78 is 0. The molecule has 3 amide bonds. The number of anilines is 1. The van der Waals surface area contributed by atoms with Crippen LogP contribution in [0.4, 0.5) is 5.69 Å². The van der Waals surface area contributed by atoms with Crippen molar-refractivity contribution in [2.24, 2.45) is 0 Å². The van der Waals surface area contributed by atoms with E-state index in [0.29, 0.717) is 44.7 Å². The fraction of sp³-hybridized carbons (Fsp3) is 0.323. The molecule has 0 atom stereocenters. The maximum atomic E-state index is 14.0. The van der Waals surface area contributed by atoms with Gasteiger partial charge in [0.2, 0.25) is 5.91 Å². The predicted octanol–water partition coefficient (Wildman–Crippen LogP) is 3.93. The van der Waals surface area contributed by atoms with Crippen molar-refractivity contribution in [1.82, 2.24) is 14.7 Å². The van der Waals surface area contributed by atoms with Crippen LogP contribution in [0.15, 0.2) is 84.9 Å². The zero-order valence-corrected chi connectivity index (χ0v) is 22.0. The van der Waals surface area contributed by atoms with Gasteiger partial charge in [-0.15, -0.1) is 0 Å². The Morgan fingerprint density at radius 2 is 1.47 bits per heavy atom. The topological polar surface area (TPSA) is 64.2 Å². The van der Waals surface area contributed by atoms with Gasteiger partial charge < -0.3 is 19.6 Å². The number of piperidine rings is 1. The number of carbonyl (C=O) groups excluding carboxylic acids is 3. The molecule has 0 radical (unpaired) electrons. The monoisotopic (exact) mass is 510 g/mol. The van der Waals surface area contributed by atoms with Crippen LogP contribution in [0.3, 0.4) is 0 Å². The van der Waals surface area contributed by atoms with E-state index in [9.17, 15) is 14.4 Å². The Morgan fingerprint density at radius 3 is 2.13 bits per heavy atom. The number of para-hydroxylation sites is 1. The molecular weight excluding hydrogens is 476 g/mol. The second-order valence-electron chi connectivity index (χ2n) is 10.3. The number of nitrogens with zero attached hydrogens (tertiary/aromatic N) is 4. The lowest BCUT2D eigenvalue weighted by molar-refractivity contribution is -0.140. The second kappa shape index (κ2) is 10.7. The molecule has 0 aliphatic carbocycles. The molecule has 3 aromatic rings. The summed E-state index contributed by atoms with van der Waals surface area (Å²) in [5, 5.41) is 0. The van der Waals surface area contributed by atoms with E-state index in [0.717, 1.165) is 16.8 Å². The molecule has 2 aliphatic rings. The lowest BCUT2D eigenvalue weighted by atomic mass is 9.85. The average Bonchev–Trinajstić information content (AvgIpc) is 3.20. The Morgan fingerprint density at radius 1 is 0.868 bits per heavy atom. The third-order valence-corrected chi connectivity index (χ3v) is 7.85. The van der Waals surface area contributed by atoms with Crippen LogP contribution in [0.2, 0.25) is 0 Å². The summed E-state index contributed by atoms with van der Waals surface area (Å²) >= 11 is 0. The Kier molecular flexibility index (Phi) is 7.18. The summed E-state index contributed by atoms with van der Waals surface area (Å²) in [7, 11) is 1.77. The standard InChI is InChI=1S/C31H34N4O3/c1-24-11-9-10-16-27(24)29(37)33-19-17-31(18-20-33)30(38)34(23-35(31)26-14-7-4-8-15-26)22-28(36)32(2)21-25-12-5-3-6-13-25/h3-16H,17-23H2,1-2H3. The van der Waals surface area contributed by atoms with E-state index in [1.807, 2.05) is 96.8 Å². The first-order valence-corrected chi connectivity index (χ1v) is 13.1. The van der Waals surface area contributed by atoms with E-state index < -0.39 is 5.54 Å². The number of amides is 3. The Labute approximate surface area is 224 Å². The zero-order valence-electron chi connectivity index (χ0n) is 22.0. The van der Waals surface area contributed by atoms with Gasteiger partial charge >= 0.3 is 0 Å². The van der Waals surface area contributed by atoms with E-state index in [1.54, 1.807) is 16.8 Å². The minimum Gasteiger partial charge on any atom is -0.340 e. The number of aryl methyl sites for hydroxylation is 1. The smallest absolute Gasteiger partial charge is 0.254 e. The summed E-state index contributed by atoms with van der Waals surface area (Å²) in [6.07, 6.45) is 1.03. The number of hydrogen-bond acceptors (Lipinski definition) is 4. The van der Waals surface area contributed by atoms with Crippen LogP contribution in [-0.4, -0.2) is 71.3 Å². The van der Waals surface area contributed by atoms with Crippen LogP contribution in [-0.2, 0) is 16.1 Å². The van der Waals surface area contributed by atoms with Crippen molar-refractivity contribution in [2.75, 3.05) is 38.3 Å². The number of benzene rings is 3. The van der Waals surface area contributed by atoms with Gasteiger partial charge in [-0.05, 0) is 49.1 Å². The second-order valence-corrected chi connectivity index (χ2v) is 10.3. The summed E-state index contributed by atoms with van der Waals surface area (Å²) in [6.45, 7) is 3.78. The lowest BCUT2D eigenvalue weighted by Gasteiger charge is -2.43. The van der Waals surface area contributed by atoms with Gasteiger partial charge in [-0.2, -0.15) is 0 Å². The van der Waals surface area contributed by atoms with Crippen molar-refractivity contribution in [3.63, 3.8) is 0 Å². The molecule has 2 fully saturated rings. The van der Waals surface area contributed by atoms with Crippen molar-refractivity contribution in [3.8, 4) is 0 Å². The van der Waals surface area contributed by atoms with Gasteiger partial charge in [0.1, 0.15) is 12.1 Å². The van der Waals surface area contributed by atoms with Gasteiger partial charge in [0.25, 0.3) is 11.8 Å². The number of rotatable bonds is 6. The highest BCUT2D eigenvalue weighted by molar-refractivity contribution is 5.98. The number of likely N-dealkylation sites (N-methyl/N-ethyl adjacent to an activating group) is 1. The van der Waals surface area contributed by atoms with Crippen molar-refractivity contribution in [2.45, 2.75) is 31.8 Å². The molecule has 7 nitrogen and oxygen atoms in total. The van der Waals surface area contributed by atoms with E-state index >= 15 is 0 Å². The molecule has 2 heterocycles. The molecular formula is C31H34N4O3. The van der Waals surface area contributed by atoms with Gasteiger partial charge in [-0.1, -0.05) is 66.7 Å². The minimum atomic E-state index is -0.776. The van der Waals surface area contributed by atoms with Crippen LogP contribution < -0.4 is 4.90 Å². The van der Waals surface area contributed by atoms with Crippen LogP contribution in [0, 0.1) is 6.92 Å². The number of hydrogen-bond donors (Lipinski definition) is 0. The average molecular weight is 511 g/mol. The Bertz CT molecular complexity index is 1300. The highest BCUT2D eigenvalue weighted by atomic mass is 16.2. The van der Waals surface area contributed by atoms with Gasteiger partial charge in [0, 0.05) is 37.9 Å². The maximum absolute atomic E-state index is 14.0. The molecule has 2 saturated heterocycles.